The Morgan fingerprint density at radius 1 is 0.818 bits per heavy atom. The zero-order valence-electron chi connectivity index (χ0n) is 12.0. The molecular formula is C19H12IN2-. The molecule has 0 bridgehead atoms. The van der Waals surface area contributed by atoms with E-state index in [1.807, 2.05) is 18.2 Å². The fraction of sp³-hybridized carbons (Fsp3) is 0.0526. The molecule has 0 spiro atoms. The molecule has 22 heavy (non-hydrogen) atoms. The van der Waals surface area contributed by atoms with Crippen molar-refractivity contribution in [1.82, 2.24) is 0 Å². The minimum absolute atomic E-state index is 0.242. The molecule has 3 rings (SSSR count). The molecule has 0 heterocycles. The summed E-state index contributed by atoms with van der Waals surface area (Å²) in [6, 6.07) is 22.6. The van der Waals surface area contributed by atoms with Crippen molar-refractivity contribution >= 4 is 10.8 Å². The van der Waals surface area contributed by atoms with Crippen molar-refractivity contribution in [1.29, 1.82) is 10.5 Å². The van der Waals surface area contributed by atoms with Crippen LogP contribution in [0, 0.1) is 36.7 Å². The quantitative estimate of drug-likeness (QED) is 0.609. The van der Waals surface area contributed by atoms with Crippen LogP contribution >= 0.6 is 0 Å². The van der Waals surface area contributed by atoms with E-state index in [2.05, 4.69) is 55.5 Å². The molecule has 0 saturated carbocycles. The summed E-state index contributed by atoms with van der Waals surface area (Å²) in [6.45, 7) is 2.11. The number of hydrogen-bond donors (Lipinski definition) is 0. The van der Waals surface area contributed by atoms with Crippen molar-refractivity contribution in [3.8, 4) is 12.1 Å². The van der Waals surface area contributed by atoms with Gasteiger partial charge in [-0.1, -0.05) is 0 Å². The van der Waals surface area contributed by atoms with Crippen molar-refractivity contribution in [3.05, 3.63) is 78.4 Å². The Labute approximate surface area is 139 Å². The van der Waals surface area contributed by atoms with Crippen LogP contribution in [0.4, 0.5) is 0 Å². The number of hydrogen-bond acceptors (Lipinski definition) is 2. The number of nitriles is 2. The van der Waals surface area contributed by atoms with Gasteiger partial charge in [-0.05, 0) is 0 Å². The van der Waals surface area contributed by atoms with Gasteiger partial charge in [0.25, 0.3) is 0 Å². The number of fused-ring (bicyclic) bond motifs is 1. The van der Waals surface area contributed by atoms with Gasteiger partial charge in [0, 0.05) is 0 Å². The average Bonchev–Trinajstić information content (AvgIpc) is 2.55. The molecule has 3 heteroatoms. The SMILES string of the molecule is Cc1cc2cc(C#N)c(C#N)cc2cc1[I-]c1ccccc1. The van der Waals surface area contributed by atoms with Crippen LogP contribution in [0.25, 0.3) is 10.8 Å². The van der Waals surface area contributed by atoms with Crippen molar-refractivity contribution in [3.63, 3.8) is 0 Å². The van der Waals surface area contributed by atoms with Gasteiger partial charge < -0.3 is 0 Å². The molecule has 0 radical (unpaired) electrons. The van der Waals surface area contributed by atoms with Gasteiger partial charge in [0.05, 0.1) is 0 Å². The topological polar surface area (TPSA) is 47.6 Å². The molecule has 0 amide bonds. The summed E-state index contributed by atoms with van der Waals surface area (Å²) >= 11 is -0.242. The molecule has 0 aliphatic heterocycles. The Balaban J connectivity index is 2.12. The first-order valence-corrected chi connectivity index (χ1v) is 8.95. The zero-order valence-corrected chi connectivity index (χ0v) is 14.1. The van der Waals surface area contributed by atoms with E-state index >= 15 is 0 Å². The molecule has 0 saturated heterocycles. The van der Waals surface area contributed by atoms with E-state index in [-0.39, 0.29) is 21.2 Å². The van der Waals surface area contributed by atoms with Crippen LogP contribution in [-0.2, 0) is 0 Å². The summed E-state index contributed by atoms with van der Waals surface area (Å²) in [5.74, 6) is 0. The monoisotopic (exact) mass is 395 g/mol. The fourth-order valence-electron chi connectivity index (χ4n) is 2.32. The predicted octanol–water partition coefficient (Wildman–Crippen LogP) is 1.02. The second kappa shape index (κ2) is 6.17. The summed E-state index contributed by atoms with van der Waals surface area (Å²) in [5, 5.41) is 20.4. The summed E-state index contributed by atoms with van der Waals surface area (Å²) < 4.78 is 2.73. The molecule has 3 aromatic rings. The molecule has 0 N–H and O–H groups in total. The van der Waals surface area contributed by atoms with Gasteiger partial charge in [-0.25, -0.2) is 0 Å². The predicted molar refractivity (Wildman–Crippen MR) is 82.0 cm³/mol. The van der Waals surface area contributed by atoms with Crippen molar-refractivity contribution in [2.24, 2.45) is 0 Å². The van der Waals surface area contributed by atoms with E-state index in [0.29, 0.717) is 11.1 Å². The summed E-state index contributed by atoms with van der Waals surface area (Å²) in [4.78, 5) is 0. The summed E-state index contributed by atoms with van der Waals surface area (Å²) in [5.41, 5.74) is 2.14. The van der Waals surface area contributed by atoms with E-state index < -0.39 is 0 Å². The maximum atomic E-state index is 9.17. The zero-order chi connectivity index (χ0) is 15.5. The van der Waals surface area contributed by atoms with E-state index in [1.165, 1.54) is 12.7 Å². The molecule has 3 aromatic carbocycles. The van der Waals surface area contributed by atoms with Gasteiger partial charge in [-0.15, -0.1) is 0 Å². The molecule has 0 fully saturated rings. The molecule has 106 valence electrons. The van der Waals surface area contributed by atoms with Crippen molar-refractivity contribution in [2.75, 3.05) is 0 Å². The second-order valence-electron chi connectivity index (χ2n) is 4.96. The third-order valence-corrected chi connectivity index (χ3v) is 6.52. The molecule has 0 aromatic heterocycles. The first-order chi connectivity index (χ1) is 10.7. The fourth-order valence-corrected chi connectivity index (χ4v) is 4.84. The Hall–Kier alpha value is -2.37. The summed E-state index contributed by atoms with van der Waals surface area (Å²) in [6.07, 6.45) is 0. The van der Waals surface area contributed by atoms with Gasteiger partial charge in [-0.2, -0.15) is 0 Å². The van der Waals surface area contributed by atoms with Crippen molar-refractivity contribution < 1.29 is 21.2 Å². The Bertz CT molecular complexity index is 932. The second-order valence-corrected chi connectivity index (χ2v) is 7.91. The van der Waals surface area contributed by atoms with Crippen molar-refractivity contribution in [2.45, 2.75) is 6.92 Å². The van der Waals surface area contributed by atoms with Gasteiger partial charge >= 0.3 is 140 Å². The Kier molecular flexibility index (Phi) is 4.09. The number of benzene rings is 3. The number of nitrogens with zero attached hydrogens (tertiary/aromatic N) is 2. The van der Waals surface area contributed by atoms with Gasteiger partial charge in [0.1, 0.15) is 0 Å². The maximum absolute atomic E-state index is 9.17. The molecule has 2 nitrogen and oxygen atoms in total. The number of halogens is 1. The third kappa shape index (κ3) is 2.81. The van der Waals surface area contributed by atoms with Crippen LogP contribution in [0.2, 0.25) is 0 Å². The Morgan fingerprint density at radius 3 is 2.00 bits per heavy atom. The van der Waals surface area contributed by atoms with E-state index in [0.717, 1.165) is 10.8 Å². The van der Waals surface area contributed by atoms with Crippen LogP contribution in [0.1, 0.15) is 16.7 Å². The van der Waals surface area contributed by atoms with Crippen LogP contribution in [0.3, 0.4) is 0 Å². The molecule has 0 aliphatic rings. The normalized spacial score (nSPS) is 10.3. The summed E-state index contributed by atoms with van der Waals surface area (Å²) in [7, 11) is 0. The minimum atomic E-state index is -0.242. The van der Waals surface area contributed by atoms with Gasteiger partial charge in [0.15, 0.2) is 0 Å². The van der Waals surface area contributed by atoms with E-state index in [1.54, 1.807) is 0 Å². The van der Waals surface area contributed by atoms with Crippen LogP contribution < -0.4 is 21.2 Å². The number of rotatable bonds is 2. The Morgan fingerprint density at radius 2 is 1.41 bits per heavy atom. The molecule has 0 aliphatic carbocycles. The van der Waals surface area contributed by atoms with Crippen LogP contribution in [0.5, 0.6) is 0 Å². The number of aryl methyl sites for hydroxylation is 1. The first kappa shape index (κ1) is 14.6. The van der Waals surface area contributed by atoms with E-state index in [4.69, 9.17) is 5.26 Å². The first-order valence-electron chi connectivity index (χ1n) is 6.80. The third-order valence-electron chi connectivity index (χ3n) is 3.44. The average molecular weight is 395 g/mol. The molecular weight excluding hydrogens is 383 g/mol. The van der Waals surface area contributed by atoms with Crippen LogP contribution in [0.15, 0.2) is 54.6 Å². The molecule has 0 unspecified atom stereocenters. The van der Waals surface area contributed by atoms with E-state index in [9.17, 15) is 5.26 Å². The molecule has 0 atom stereocenters. The van der Waals surface area contributed by atoms with Gasteiger partial charge in [-0.3, -0.25) is 0 Å². The van der Waals surface area contributed by atoms with Gasteiger partial charge in [0.2, 0.25) is 0 Å². The standard InChI is InChI=1S/C19H12IN2/c1-13-7-14-8-16(11-21)17(12-22)9-15(14)10-19(13)20-18-5-3-2-4-6-18/h2-10H,1H3/q-1. The van der Waals surface area contributed by atoms with Crippen LogP contribution in [-0.4, -0.2) is 0 Å².